The second-order valence-electron chi connectivity index (χ2n) is 5.68. The van der Waals surface area contributed by atoms with Crippen molar-refractivity contribution in [3.05, 3.63) is 65.2 Å². The van der Waals surface area contributed by atoms with Crippen LogP contribution in [0.4, 0.5) is 18.3 Å². The summed E-state index contributed by atoms with van der Waals surface area (Å²) in [5, 5.41) is 10.9. The lowest BCUT2D eigenvalue weighted by Gasteiger charge is -2.09. The summed E-state index contributed by atoms with van der Waals surface area (Å²) >= 11 is 2.49. The van der Waals surface area contributed by atoms with Crippen LogP contribution in [-0.2, 0) is 5.75 Å². The van der Waals surface area contributed by atoms with E-state index in [0.717, 1.165) is 5.56 Å². The predicted molar refractivity (Wildman–Crippen MR) is 102 cm³/mol. The fourth-order valence-electron chi connectivity index (χ4n) is 2.17. The van der Waals surface area contributed by atoms with Crippen molar-refractivity contribution in [3.8, 4) is 5.75 Å². The highest BCUT2D eigenvalue weighted by molar-refractivity contribution is 8.00. The van der Waals surface area contributed by atoms with Gasteiger partial charge in [-0.3, -0.25) is 10.1 Å². The van der Waals surface area contributed by atoms with E-state index in [1.807, 2.05) is 19.1 Å². The quantitative estimate of drug-likeness (QED) is 0.429. The molecule has 1 heterocycles. The molecule has 146 valence electrons. The first kappa shape index (κ1) is 20.2. The number of aromatic nitrogens is 2. The highest BCUT2D eigenvalue weighted by Gasteiger charge is 2.31. The number of rotatable bonds is 6. The molecule has 1 aromatic heterocycles. The number of carbonyl (C=O) groups is 1. The summed E-state index contributed by atoms with van der Waals surface area (Å²) in [6, 6.07) is 12.9. The highest BCUT2D eigenvalue weighted by Crippen LogP contribution is 2.30. The molecule has 3 rings (SSSR count). The van der Waals surface area contributed by atoms with E-state index in [1.54, 1.807) is 18.2 Å². The van der Waals surface area contributed by atoms with Gasteiger partial charge in [0.15, 0.2) is 4.34 Å². The summed E-state index contributed by atoms with van der Waals surface area (Å²) in [5.41, 5.74) is 2.21. The number of ether oxygens (including phenoxy) is 1. The molecular weight excluding hydrogens is 411 g/mol. The van der Waals surface area contributed by atoms with Gasteiger partial charge in [0, 0.05) is 11.3 Å². The van der Waals surface area contributed by atoms with Crippen LogP contribution in [0.1, 0.15) is 21.5 Å². The third kappa shape index (κ3) is 5.96. The van der Waals surface area contributed by atoms with Gasteiger partial charge >= 0.3 is 6.36 Å². The molecule has 0 aliphatic heterocycles. The normalized spacial score (nSPS) is 11.3. The van der Waals surface area contributed by atoms with Gasteiger partial charge < -0.3 is 4.74 Å². The summed E-state index contributed by atoms with van der Waals surface area (Å²) in [6.07, 6.45) is -4.73. The molecule has 0 radical (unpaired) electrons. The van der Waals surface area contributed by atoms with E-state index in [1.165, 1.54) is 41.3 Å². The molecule has 0 unspecified atom stereocenters. The van der Waals surface area contributed by atoms with E-state index < -0.39 is 6.36 Å². The topological polar surface area (TPSA) is 64.1 Å². The molecule has 0 aliphatic rings. The zero-order chi connectivity index (χ0) is 20.1. The molecule has 0 aliphatic carbocycles. The maximum atomic E-state index is 12.3. The Bertz CT molecular complexity index is 959. The summed E-state index contributed by atoms with van der Waals surface area (Å²) in [7, 11) is 0. The number of aryl methyl sites for hydroxylation is 1. The van der Waals surface area contributed by atoms with Gasteiger partial charge in [-0.1, -0.05) is 52.9 Å². The smallest absolute Gasteiger partial charge is 0.406 e. The average Bonchev–Trinajstić information content (AvgIpc) is 3.07. The standard InChI is InChI=1S/C18H14F3N3O2S2/c1-11-5-7-13(8-6-11)15(25)22-16-23-24-17(28-16)27-10-12-3-2-4-14(9-12)26-18(19,20)21/h2-9H,10H2,1H3,(H,22,23,25). The second kappa shape index (κ2) is 8.61. The number of nitrogens with one attached hydrogen (secondary N) is 1. The number of hydrogen-bond acceptors (Lipinski definition) is 6. The molecular formula is C18H14F3N3O2S2. The fourth-order valence-corrected chi connectivity index (χ4v) is 3.86. The van der Waals surface area contributed by atoms with Crippen molar-refractivity contribution in [2.45, 2.75) is 23.4 Å². The minimum atomic E-state index is -4.73. The van der Waals surface area contributed by atoms with Crippen molar-refractivity contribution in [1.29, 1.82) is 0 Å². The number of carbonyl (C=O) groups excluding carboxylic acids is 1. The van der Waals surface area contributed by atoms with Crippen molar-refractivity contribution >= 4 is 34.1 Å². The van der Waals surface area contributed by atoms with Crippen LogP contribution in [0.15, 0.2) is 52.9 Å². The summed E-state index contributed by atoms with van der Waals surface area (Å²) < 4.78 is 41.4. The zero-order valence-electron chi connectivity index (χ0n) is 14.5. The Labute approximate surface area is 166 Å². The van der Waals surface area contributed by atoms with E-state index >= 15 is 0 Å². The van der Waals surface area contributed by atoms with Crippen LogP contribution < -0.4 is 10.1 Å². The molecule has 3 aromatic rings. The van der Waals surface area contributed by atoms with Crippen molar-refractivity contribution in [2.24, 2.45) is 0 Å². The van der Waals surface area contributed by atoms with Crippen LogP contribution in [0.25, 0.3) is 0 Å². The number of nitrogens with zero attached hydrogens (tertiary/aromatic N) is 2. The van der Waals surface area contributed by atoms with Gasteiger partial charge in [0.2, 0.25) is 5.13 Å². The number of thioether (sulfide) groups is 1. The van der Waals surface area contributed by atoms with Gasteiger partial charge in [0.25, 0.3) is 5.91 Å². The molecule has 5 nitrogen and oxygen atoms in total. The maximum Gasteiger partial charge on any atom is 0.573 e. The van der Waals surface area contributed by atoms with Crippen LogP contribution >= 0.6 is 23.1 Å². The molecule has 0 saturated heterocycles. The third-order valence-corrected chi connectivity index (χ3v) is 5.48. The second-order valence-corrected chi connectivity index (χ2v) is 7.88. The summed E-state index contributed by atoms with van der Waals surface area (Å²) in [4.78, 5) is 12.2. The maximum absolute atomic E-state index is 12.3. The lowest BCUT2D eigenvalue weighted by molar-refractivity contribution is -0.274. The Balaban J connectivity index is 1.57. The van der Waals surface area contributed by atoms with E-state index in [4.69, 9.17) is 0 Å². The van der Waals surface area contributed by atoms with E-state index in [2.05, 4.69) is 20.3 Å². The Morgan fingerprint density at radius 3 is 2.64 bits per heavy atom. The number of anilines is 1. The van der Waals surface area contributed by atoms with Crippen LogP contribution in [0.3, 0.4) is 0 Å². The number of halogens is 3. The fraction of sp³-hybridized carbons (Fsp3) is 0.167. The molecule has 0 atom stereocenters. The van der Waals surface area contributed by atoms with Crippen LogP contribution in [0, 0.1) is 6.92 Å². The molecule has 2 aromatic carbocycles. The van der Waals surface area contributed by atoms with Crippen LogP contribution in [-0.4, -0.2) is 22.5 Å². The molecule has 10 heteroatoms. The minimum Gasteiger partial charge on any atom is -0.406 e. The van der Waals surface area contributed by atoms with Gasteiger partial charge in [-0.2, -0.15) is 0 Å². The van der Waals surface area contributed by atoms with Gasteiger partial charge in [0.1, 0.15) is 5.75 Å². The first-order valence-electron chi connectivity index (χ1n) is 7.97. The Morgan fingerprint density at radius 1 is 1.18 bits per heavy atom. The van der Waals surface area contributed by atoms with Gasteiger partial charge in [-0.15, -0.1) is 23.4 Å². The largest absolute Gasteiger partial charge is 0.573 e. The van der Waals surface area contributed by atoms with Crippen LogP contribution in [0.2, 0.25) is 0 Å². The Kier molecular flexibility index (Phi) is 6.20. The van der Waals surface area contributed by atoms with Gasteiger partial charge in [-0.25, -0.2) is 0 Å². The lowest BCUT2D eigenvalue weighted by atomic mass is 10.1. The van der Waals surface area contributed by atoms with Gasteiger partial charge in [-0.05, 0) is 36.8 Å². The number of alkyl halides is 3. The molecule has 0 spiro atoms. The Morgan fingerprint density at radius 2 is 1.93 bits per heavy atom. The van der Waals surface area contributed by atoms with Crippen molar-refractivity contribution in [3.63, 3.8) is 0 Å². The molecule has 28 heavy (non-hydrogen) atoms. The van der Waals surface area contributed by atoms with E-state index in [-0.39, 0.29) is 11.7 Å². The molecule has 0 bridgehead atoms. The SMILES string of the molecule is Cc1ccc(C(=O)Nc2nnc(SCc3cccc(OC(F)(F)F)c3)s2)cc1. The summed E-state index contributed by atoms with van der Waals surface area (Å²) in [5.74, 6) is -0.172. The lowest BCUT2D eigenvalue weighted by Crippen LogP contribution is -2.17. The monoisotopic (exact) mass is 425 g/mol. The molecule has 1 N–H and O–H groups in total. The minimum absolute atomic E-state index is 0.270. The van der Waals surface area contributed by atoms with E-state index in [0.29, 0.717) is 26.4 Å². The number of benzene rings is 2. The highest BCUT2D eigenvalue weighted by atomic mass is 32.2. The molecule has 0 fully saturated rings. The first-order valence-corrected chi connectivity index (χ1v) is 9.78. The van der Waals surface area contributed by atoms with Gasteiger partial charge in [0.05, 0.1) is 0 Å². The molecule has 0 saturated carbocycles. The average molecular weight is 425 g/mol. The van der Waals surface area contributed by atoms with Crippen molar-refractivity contribution in [2.75, 3.05) is 5.32 Å². The number of amides is 1. The zero-order valence-corrected chi connectivity index (χ0v) is 16.1. The van der Waals surface area contributed by atoms with Crippen molar-refractivity contribution < 1.29 is 22.7 Å². The van der Waals surface area contributed by atoms with Crippen molar-refractivity contribution in [1.82, 2.24) is 10.2 Å². The number of hydrogen-bond donors (Lipinski definition) is 1. The van der Waals surface area contributed by atoms with E-state index in [9.17, 15) is 18.0 Å². The first-order chi connectivity index (χ1) is 13.3. The summed E-state index contributed by atoms with van der Waals surface area (Å²) in [6.45, 7) is 1.93. The van der Waals surface area contributed by atoms with Crippen LogP contribution in [0.5, 0.6) is 5.75 Å². The third-order valence-electron chi connectivity index (χ3n) is 3.44. The predicted octanol–water partition coefficient (Wildman–Crippen LogP) is 5.29. The Hall–Kier alpha value is -2.59. The molecule has 1 amide bonds.